The zero-order valence-electron chi connectivity index (χ0n) is 16.3. The van der Waals surface area contributed by atoms with Crippen LogP contribution in [0.5, 0.6) is 5.75 Å². The number of halogens is 2. The van der Waals surface area contributed by atoms with Gasteiger partial charge in [0, 0.05) is 37.5 Å². The second-order valence-corrected chi connectivity index (χ2v) is 7.08. The second-order valence-electron chi connectivity index (χ2n) is 7.08. The molecule has 7 heteroatoms. The maximum atomic E-state index is 13.9. The molecule has 2 aromatic carbocycles. The summed E-state index contributed by atoms with van der Waals surface area (Å²) in [6.45, 7) is 0.441. The lowest BCUT2D eigenvalue weighted by atomic mass is 10.1. The van der Waals surface area contributed by atoms with E-state index >= 15 is 0 Å². The van der Waals surface area contributed by atoms with Crippen molar-refractivity contribution in [2.45, 2.75) is 38.3 Å². The first kappa shape index (κ1) is 20.8. The van der Waals surface area contributed by atoms with E-state index in [-0.39, 0.29) is 36.4 Å². The lowest BCUT2D eigenvalue weighted by Gasteiger charge is -2.25. The van der Waals surface area contributed by atoms with Crippen LogP contribution in [0.1, 0.15) is 30.4 Å². The van der Waals surface area contributed by atoms with Crippen molar-refractivity contribution in [1.82, 2.24) is 10.2 Å². The first-order valence-electron chi connectivity index (χ1n) is 9.60. The molecule has 2 aromatic rings. The zero-order chi connectivity index (χ0) is 20.8. The molecular formula is C22H24F2N2O3. The Morgan fingerprint density at radius 1 is 1.21 bits per heavy atom. The Morgan fingerprint density at radius 3 is 2.69 bits per heavy atom. The average Bonchev–Trinajstić information content (AvgIpc) is 3.05. The maximum absolute atomic E-state index is 13.9. The van der Waals surface area contributed by atoms with Gasteiger partial charge in [0.15, 0.2) is 11.6 Å². The van der Waals surface area contributed by atoms with Gasteiger partial charge in [-0.1, -0.05) is 24.3 Å². The molecule has 1 atom stereocenters. The summed E-state index contributed by atoms with van der Waals surface area (Å²) in [6, 6.07) is 11.2. The molecule has 1 saturated heterocycles. The van der Waals surface area contributed by atoms with Gasteiger partial charge in [0.25, 0.3) is 0 Å². The molecule has 154 valence electrons. The summed E-state index contributed by atoms with van der Waals surface area (Å²) in [5, 5.41) is 2.86. The van der Waals surface area contributed by atoms with Crippen molar-refractivity contribution in [3.05, 3.63) is 65.2 Å². The number of carbonyl (C=O) groups excluding carboxylic acids is 2. The van der Waals surface area contributed by atoms with E-state index in [0.29, 0.717) is 25.8 Å². The average molecular weight is 402 g/mol. The molecule has 1 heterocycles. The SMILES string of the molecule is COc1ccc(CCNC(=O)CC2CCC(=O)N2Cc2cccc(F)c2F)cc1. The van der Waals surface area contributed by atoms with Crippen LogP contribution in [0.25, 0.3) is 0 Å². The Kier molecular flexibility index (Phi) is 6.80. The maximum Gasteiger partial charge on any atom is 0.223 e. The first-order chi connectivity index (χ1) is 14.0. The molecule has 0 spiro atoms. The van der Waals surface area contributed by atoms with E-state index in [4.69, 9.17) is 4.74 Å². The fraction of sp³-hybridized carbons (Fsp3) is 0.364. The largest absolute Gasteiger partial charge is 0.497 e. The minimum absolute atomic E-state index is 0.0355. The molecule has 1 fully saturated rings. The van der Waals surface area contributed by atoms with Crippen LogP contribution in [0, 0.1) is 11.6 Å². The van der Waals surface area contributed by atoms with Crippen molar-refractivity contribution in [2.75, 3.05) is 13.7 Å². The van der Waals surface area contributed by atoms with Crippen LogP contribution >= 0.6 is 0 Å². The molecule has 0 aromatic heterocycles. The topological polar surface area (TPSA) is 58.6 Å². The van der Waals surface area contributed by atoms with Crippen molar-refractivity contribution >= 4 is 11.8 Å². The van der Waals surface area contributed by atoms with Crippen molar-refractivity contribution in [2.24, 2.45) is 0 Å². The Balaban J connectivity index is 1.51. The normalized spacial score (nSPS) is 16.2. The second kappa shape index (κ2) is 9.49. The molecule has 2 amide bonds. The van der Waals surface area contributed by atoms with Gasteiger partial charge in [0.2, 0.25) is 11.8 Å². The van der Waals surface area contributed by atoms with Gasteiger partial charge in [-0.2, -0.15) is 0 Å². The number of rotatable bonds is 8. The van der Waals surface area contributed by atoms with E-state index in [1.165, 1.54) is 17.0 Å². The predicted molar refractivity (Wildman–Crippen MR) is 104 cm³/mol. The van der Waals surface area contributed by atoms with Gasteiger partial charge in [-0.15, -0.1) is 0 Å². The predicted octanol–water partition coefficient (Wildman–Crippen LogP) is 3.21. The fourth-order valence-electron chi connectivity index (χ4n) is 3.50. The first-order valence-corrected chi connectivity index (χ1v) is 9.60. The van der Waals surface area contributed by atoms with Crippen LogP contribution in [0.15, 0.2) is 42.5 Å². The molecule has 0 bridgehead atoms. The standard InChI is InChI=1S/C22H24F2N2O3/c1-29-18-8-5-15(6-9-18)11-12-25-20(27)13-17-7-10-21(28)26(17)14-16-3-2-4-19(23)22(16)24/h2-6,8-9,17H,7,10-14H2,1H3,(H,25,27). The van der Waals surface area contributed by atoms with Gasteiger partial charge >= 0.3 is 0 Å². The number of amides is 2. The number of nitrogens with zero attached hydrogens (tertiary/aromatic N) is 1. The van der Waals surface area contributed by atoms with Crippen LogP contribution in [0.3, 0.4) is 0 Å². The van der Waals surface area contributed by atoms with Crippen LogP contribution in [0.4, 0.5) is 8.78 Å². The van der Waals surface area contributed by atoms with E-state index in [9.17, 15) is 18.4 Å². The fourth-order valence-corrected chi connectivity index (χ4v) is 3.50. The van der Waals surface area contributed by atoms with Crippen LogP contribution in [-0.2, 0) is 22.6 Å². The van der Waals surface area contributed by atoms with Gasteiger partial charge in [-0.05, 0) is 36.6 Å². The monoisotopic (exact) mass is 402 g/mol. The molecule has 29 heavy (non-hydrogen) atoms. The number of carbonyl (C=O) groups is 2. The van der Waals surface area contributed by atoms with Crippen LogP contribution in [-0.4, -0.2) is 36.4 Å². The minimum atomic E-state index is -0.949. The molecular weight excluding hydrogens is 378 g/mol. The summed E-state index contributed by atoms with van der Waals surface area (Å²) >= 11 is 0. The summed E-state index contributed by atoms with van der Waals surface area (Å²) in [5.74, 6) is -1.43. The van der Waals surface area contributed by atoms with E-state index in [1.807, 2.05) is 24.3 Å². The summed E-state index contributed by atoms with van der Waals surface area (Å²) in [7, 11) is 1.61. The van der Waals surface area contributed by atoms with Crippen molar-refractivity contribution < 1.29 is 23.1 Å². The van der Waals surface area contributed by atoms with Crippen molar-refractivity contribution in [3.8, 4) is 5.75 Å². The zero-order valence-corrected chi connectivity index (χ0v) is 16.3. The number of methoxy groups -OCH3 is 1. The lowest BCUT2D eigenvalue weighted by Crippen LogP contribution is -2.37. The Labute approximate surface area is 168 Å². The molecule has 1 aliphatic rings. The van der Waals surface area contributed by atoms with E-state index in [1.54, 1.807) is 7.11 Å². The number of hydrogen-bond donors (Lipinski definition) is 1. The lowest BCUT2D eigenvalue weighted by molar-refractivity contribution is -0.130. The summed E-state index contributed by atoms with van der Waals surface area (Å²) < 4.78 is 32.5. The van der Waals surface area contributed by atoms with Gasteiger partial charge in [0.05, 0.1) is 7.11 Å². The summed E-state index contributed by atoms with van der Waals surface area (Å²) in [6.07, 6.45) is 1.66. The Morgan fingerprint density at radius 2 is 1.97 bits per heavy atom. The van der Waals surface area contributed by atoms with Crippen LogP contribution in [0.2, 0.25) is 0 Å². The molecule has 1 unspecified atom stereocenters. The smallest absolute Gasteiger partial charge is 0.223 e. The van der Waals surface area contributed by atoms with Gasteiger partial charge in [0.1, 0.15) is 5.75 Å². The molecule has 0 aliphatic carbocycles. The Bertz CT molecular complexity index is 871. The van der Waals surface area contributed by atoms with Crippen molar-refractivity contribution in [3.63, 3.8) is 0 Å². The molecule has 0 saturated carbocycles. The highest BCUT2D eigenvalue weighted by atomic mass is 19.2. The molecule has 1 N–H and O–H groups in total. The quantitative estimate of drug-likeness (QED) is 0.738. The summed E-state index contributed by atoms with van der Waals surface area (Å²) in [5.41, 5.74) is 1.19. The number of likely N-dealkylation sites (tertiary alicyclic amines) is 1. The number of benzene rings is 2. The molecule has 0 radical (unpaired) electrons. The van der Waals surface area contributed by atoms with E-state index in [2.05, 4.69) is 5.32 Å². The summed E-state index contributed by atoms with van der Waals surface area (Å²) in [4.78, 5) is 26.0. The van der Waals surface area contributed by atoms with Gasteiger partial charge in [-0.25, -0.2) is 8.78 Å². The molecule has 5 nitrogen and oxygen atoms in total. The third-order valence-electron chi connectivity index (χ3n) is 5.14. The number of nitrogens with one attached hydrogen (secondary N) is 1. The highest BCUT2D eigenvalue weighted by Crippen LogP contribution is 2.25. The highest BCUT2D eigenvalue weighted by molar-refractivity contribution is 5.82. The van der Waals surface area contributed by atoms with Gasteiger partial charge in [-0.3, -0.25) is 9.59 Å². The van der Waals surface area contributed by atoms with E-state index in [0.717, 1.165) is 17.4 Å². The Hall–Kier alpha value is -2.96. The third kappa shape index (κ3) is 5.31. The van der Waals surface area contributed by atoms with E-state index < -0.39 is 11.6 Å². The molecule has 3 rings (SSSR count). The minimum Gasteiger partial charge on any atom is -0.497 e. The van der Waals surface area contributed by atoms with Crippen molar-refractivity contribution in [1.29, 1.82) is 0 Å². The third-order valence-corrected chi connectivity index (χ3v) is 5.14. The highest BCUT2D eigenvalue weighted by Gasteiger charge is 2.33. The number of hydrogen-bond acceptors (Lipinski definition) is 3. The number of ether oxygens (including phenoxy) is 1. The van der Waals surface area contributed by atoms with Gasteiger partial charge < -0.3 is 15.0 Å². The van der Waals surface area contributed by atoms with Crippen LogP contribution < -0.4 is 10.1 Å². The molecule has 1 aliphatic heterocycles.